The Balaban J connectivity index is 2.27. The van der Waals surface area contributed by atoms with Crippen molar-refractivity contribution in [3.8, 4) is 6.07 Å². The van der Waals surface area contributed by atoms with E-state index in [0.29, 0.717) is 35.7 Å². The summed E-state index contributed by atoms with van der Waals surface area (Å²) in [7, 11) is 3.45. The number of hydrogen-bond acceptors (Lipinski definition) is 9. The molecular weight excluding hydrogens is 482 g/mol. The number of ether oxygens (including phenoxy) is 2. The van der Waals surface area contributed by atoms with Crippen LogP contribution in [0.4, 0.5) is 11.4 Å². The first-order chi connectivity index (χ1) is 17.3. The van der Waals surface area contributed by atoms with Gasteiger partial charge in [0.1, 0.15) is 15.3 Å². The minimum atomic E-state index is -0.792. The molecule has 10 nitrogen and oxygen atoms in total. The van der Waals surface area contributed by atoms with Crippen LogP contribution in [-0.2, 0) is 25.6 Å². The van der Waals surface area contributed by atoms with E-state index in [1.807, 2.05) is 11.9 Å². The molecule has 190 valence electrons. The average Bonchev–Trinajstić information content (AvgIpc) is 3.15. The maximum atomic E-state index is 12.7. The molecule has 0 bridgehead atoms. The molecule has 11 heteroatoms. The Morgan fingerprint density at radius 3 is 2.69 bits per heavy atom. The van der Waals surface area contributed by atoms with Crippen LogP contribution in [-0.4, -0.2) is 61.8 Å². The van der Waals surface area contributed by atoms with Gasteiger partial charge in [-0.05, 0) is 39.1 Å². The van der Waals surface area contributed by atoms with E-state index in [2.05, 4.69) is 22.1 Å². The number of rotatable bonds is 11. The summed E-state index contributed by atoms with van der Waals surface area (Å²) in [6, 6.07) is 8.88. The predicted octanol–water partition coefficient (Wildman–Crippen LogP) is 0.844. The molecular formula is C25H29N5O5S. The zero-order valence-electron chi connectivity index (χ0n) is 20.7. The van der Waals surface area contributed by atoms with Crippen LogP contribution in [0.25, 0.3) is 11.5 Å². The number of methoxy groups -OCH3 is 1. The van der Waals surface area contributed by atoms with Crippen molar-refractivity contribution in [1.29, 1.82) is 5.26 Å². The third-order valence-corrected chi connectivity index (χ3v) is 5.71. The lowest BCUT2D eigenvalue weighted by molar-refractivity contribution is -0.137. The zero-order chi connectivity index (χ0) is 26.5. The second-order valence-electron chi connectivity index (χ2n) is 7.41. The Kier molecular flexibility index (Phi) is 11.4. The van der Waals surface area contributed by atoms with Gasteiger partial charge >= 0.3 is 5.97 Å². The van der Waals surface area contributed by atoms with E-state index in [4.69, 9.17) is 9.47 Å². The molecule has 1 amide bonds. The Hall–Kier alpha value is -3.90. The Labute approximate surface area is 213 Å². The molecule has 36 heavy (non-hydrogen) atoms. The van der Waals surface area contributed by atoms with Crippen molar-refractivity contribution in [2.24, 2.45) is 0 Å². The minimum Gasteiger partial charge on any atom is -0.461 e. The van der Waals surface area contributed by atoms with Gasteiger partial charge in [-0.25, -0.2) is 4.79 Å². The number of aromatic nitrogens is 1. The first kappa shape index (κ1) is 28.3. The maximum absolute atomic E-state index is 12.7. The standard InChI is InChI=1S/C25H29N5O5S/c1-5-30-23(14-18(16-26)25(33)35-6-2)36-21(24(30)32)10-11-27-19-8-7-9-20(15-19)28-22(31)17-29(3)12-13-34-4/h7-9,11,15,27H,5-6,12-13,17H2,1-4H3,(H,28,31). The van der Waals surface area contributed by atoms with Crippen LogP contribution in [0.1, 0.15) is 13.8 Å². The molecule has 1 aromatic heterocycles. The molecule has 2 rings (SSSR count). The number of carbonyl (C=O) groups excluding carboxylic acids is 2. The number of anilines is 2. The highest BCUT2D eigenvalue weighted by atomic mass is 32.1. The molecule has 0 aliphatic heterocycles. The summed E-state index contributed by atoms with van der Waals surface area (Å²) in [5.74, 6) is -0.942. The van der Waals surface area contributed by atoms with Crippen molar-refractivity contribution >= 4 is 46.1 Å². The summed E-state index contributed by atoms with van der Waals surface area (Å²) < 4.78 is 11.9. The summed E-state index contributed by atoms with van der Waals surface area (Å²) in [6.45, 7) is 5.28. The molecule has 0 radical (unpaired) electrons. The molecule has 1 heterocycles. The Bertz CT molecular complexity index is 1370. The van der Waals surface area contributed by atoms with Crippen LogP contribution in [0.3, 0.4) is 0 Å². The van der Waals surface area contributed by atoms with Crippen LogP contribution >= 0.6 is 11.3 Å². The zero-order valence-corrected chi connectivity index (χ0v) is 21.5. The number of amides is 1. The van der Waals surface area contributed by atoms with Crippen LogP contribution in [0.5, 0.6) is 0 Å². The SMILES string of the molecule is CCOC(=O)C(=C=c1sc(=C=CNc2cccc(NC(=O)CN(C)CCOC)c2)c(=O)n1CC)C#N. The fraction of sp³-hybridized carbons (Fsp3) is 0.360. The lowest BCUT2D eigenvalue weighted by Crippen LogP contribution is -2.32. The van der Waals surface area contributed by atoms with Gasteiger partial charge < -0.3 is 20.1 Å². The van der Waals surface area contributed by atoms with Gasteiger partial charge in [-0.15, -0.1) is 0 Å². The minimum absolute atomic E-state index is 0.125. The summed E-state index contributed by atoms with van der Waals surface area (Å²) in [5, 5.41) is 15.1. The fourth-order valence-electron chi connectivity index (χ4n) is 2.96. The summed E-state index contributed by atoms with van der Waals surface area (Å²) in [4.78, 5) is 38.7. The van der Waals surface area contributed by atoms with Gasteiger partial charge in [0.05, 0.1) is 19.8 Å². The summed E-state index contributed by atoms with van der Waals surface area (Å²) in [6.07, 6.45) is 1.48. The molecule has 0 fully saturated rings. The first-order valence-electron chi connectivity index (χ1n) is 11.2. The summed E-state index contributed by atoms with van der Waals surface area (Å²) in [5.41, 5.74) is 6.27. The number of nitriles is 1. The molecule has 0 saturated carbocycles. The Morgan fingerprint density at radius 2 is 2.03 bits per heavy atom. The van der Waals surface area contributed by atoms with Gasteiger partial charge in [0.25, 0.3) is 5.56 Å². The molecule has 0 spiro atoms. The van der Waals surface area contributed by atoms with Gasteiger partial charge in [0.15, 0.2) is 5.57 Å². The van der Waals surface area contributed by atoms with E-state index < -0.39 is 5.97 Å². The lowest BCUT2D eigenvalue weighted by atomic mass is 10.2. The van der Waals surface area contributed by atoms with Gasteiger partial charge in [-0.1, -0.05) is 28.9 Å². The summed E-state index contributed by atoms with van der Waals surface area (Å²) >= 11 is 1.05. The fourth-order valence-corrected chi connectivity index (χ4v) is 3.94. The monoisotopic (exact) mass is 511 g/mol. The largest absolute Gasteiger partial charge is 0.461 e. The second kappa shape index (κ2) is 14.5. The van der Waals surface area contributed by atoms with Crippen molar-refractivity contribution in [2.45, 2.75) is 20.4 Å². The number of nitrogens with one attached hydrogen (secondary N) is 2. The van der Waals surface area contributed by atoms with Gasteiger partial charge in [-0.2, -0.15) is 5.26 Å². The number of carbonyl (C=O) groups is 2. The highest BCUT2D eigenvalue weighted by Crippen LogP contribution is 2.15. The quantitative estimate of drug-likeness (QED) is 0.258. The molecule has 0 saturated heterocycles. The maximum Gasteiger partial charge on any atom is 0.357 e. The van der Waals surface area contributed by atoms with E-state index in [9.17, 15) is 19.6 Å². The molecule has 0 atom stereocenters. The van der Waals surface area contributed by atoms with Crippen molar-refractivity contribution in [3.63, 3.8) is 0 Å². The highest BCUT2D eigenvalue weighted by Gasteiger charge is 2.10. The number of benzene rings is 1. The van der Waals surface area contributed by atoms with Crippen LogP contribution in [0.2, 0.25) is 0 Å². The van der Waals surface area contributed by atoms with Gasteiger partial charge in [0, 0.05) is 37.8 Å². The molecule has 0 aliphatic carbocycles. The number of thiazole rings is 1. The number of esters is 1. The Morgan fingerprint density at radius 1 is 1.28 bits per heavy atom. The van der Waals surface area contributed by atoms with Crippen molar-refractivity contribution in [3.05, 3.63) is 55.6 Å². The van der Waals surface area contributed by atoms with Crippen LogP contribution in [0.15, 0.2) is 40.8 Å². The van der Waals surface area contributed by atoms with Crippen molar-refractivity contribution in [1.82, 2.24) is 9.47 Å². The normalized spacial score (nSPS) is 10.1. The van der Waals surface area contributed by atoms with Crippen LogP contribution < -0.4 is 25.4 Å². The van der Waals surface area contributed by atoms with Gasteiger partial charge in [-0.3, -0.25) is 19.1 Å². The topological polar surface area (TPSA) is 126 Å². The molecule has 1 aromatic carbocycles. The average molecular weight is 512 g/mol. The molecule has 2 aromatic rings. The van der Waals surface area contributed by atoms with Gasteiger partial charge in [0.2, 0.25) is 5.91 Å². The first-order valence-corrected chi connectivity index (χ1v) is 12.0. The van der Waals surface area contributed by atoms with E-state index >= 15 is 0 Å². The third kappa shape index (κ3) is 8.40. The molecule has 0 unspecified atom stereocenters. The van der Waals surface area contributed by atoms with E-state index in [0.717, 1.165) is 11.3 Å². The number of hydrogen-bond donors (Lipinski definition) is 2. The smallest absolute Gasteiger partial charge is 0.357 e. The third-order valence-electron chi connectivity index (χ3n) is 4.70. The predicted molar refractivity (Wildman–Crippen MR) is 139 cm³/mol. The van der Waals surface area contributed by atoms with E-state index in [1.165, 1.54) is 10.8 Å². The second-order valence-corrected chi connectivity index (χ2v) is 8.41. The van der Waals surface area contributed by atoms with E-state index in [-0.39, 0.29) is 34.7 Å². The van der Waals surface area contributed by atoms with Crippen molar-refractivity contribution in [2.75, 3.05) is 51.1 Å². The molecule has 2 N–H and O–H groups in total. The lowest BCUT2D eigenvalue weighted by Gasteiger charge is -2.15. The molecule has 0 aliphatic rings. The van der Waals surface area contributed by atoms with Crippen molar-refractivity contribution < 1.29 is 19.1 Å². The van der Waals surface area contributed by atoms with E-state index in [1.54, 1.807) is 51.3 Å². The number of nitrogens with zero attached hydrogens (tertiary/aromatic N) is 3. The van der Waals surface area contributed by atoms with Crippen LogP contribution in [0, 0.1) is 11.3 Å². The number of likely N-dealkylation sites (N-methyl/N-ethyl adjacent to an activating group) is 1. The highest BCUT2D eigenvalue weighted by molar-refractivity contribution is 7.07.